The van der Waals surface area contributed by atoms with Crippen LogP contribution in [-0.2, 0) is 19.0 Å². The van der Waals surface area contributed by atoms with Gasteiger partial charge in [0.05, 0.1) is 14.2 Å². The zero-order valence-corrected chi connectivity index (χ0v) is 8.94. The van der Waals surface area contributed by atoms with Gasteiger partial charge in [-0.05, 0) is 6.08 Å². The monoisotopic (exact) mass is 214 g/mol. The summed E-state index contributed by atoms with van der Waals surface area (Å²) in [5, 5.41) is 8.88. The van der Waals surface area contributed by atoms with Gasteiger partial charge in [-0.1, -0.05) is 0 Å². The highest BCUT2D eigenvalue weighted by molar-refractivity contribution is 5.87. The maximum absolute atomic E-state index is 10.8. The summed E-state index contributed by atoms with van der Waals surface area (Å²) in [6, 6.07) is 0. The van der Waals surface area contributed by atoms with Crippen molar-refractivity contribution in [1.82, 2.24) is 0 Å². The van der Waals surface area contributed by atoms with Crippen LogP contribution in [0.1, 0.15) is 6.42 Å². The van der Waals surface area contributed by atoms with Crippen molar-refractivity contribution in [2.75, 3.05) is 21.3 Å². The second-order valence-electron chi connectivity index (χ2n) is 3.04. The predicted molar refractivity (Wildman–Crippen MR) is 52.2 cm³/mol. The molecule has 1 rings (SSSR count). The Labute approximate surface area is 87.9 Å². The summed E-state index contributed by atoms with van der Waals surface area (Å²) in [6.07, 6.45) is 1.33. The number of hydrogen-bond acceptors (Lipinski definition) is 4. The van der Waals surface area contributed by atoms with Crippen LogP contribution < -0.4 is 0 Å². The van der Waals surface area contributed by atoms with Gasteiger partial charge >= 0.3 is 5.97 Å². The van der Waals surface area contributed by atoms with Gasteiger partial charge in [-0.2, -0.15) is 0 Å². The van der Waals surface area contributed by atoms with Crippen LogP contribution in [0.3, 0.4) is 0 Å². The van der Waals surface area contributed by atoms with Crippen LogP contribution >= 0.6 is 0 Å². The molecule has 0 amide bonds. The zero-order valence-electron chi connectivity index (χ0n) is 8.94. The van der Waals surface area contributed by atoms with Gasteiger partial charge in [-0.3, -0.25) is 0 Å². The van der Waals surface area contributed by atoms with Gasteiger partial charge in [0.25, 0.3) is 0 Å². The summed E-state index contributed by atoms with van der Waals surface area (Å²) < 4.78 is 15.3. The average Bonchev–Trinajstić information content (AvgIpc) is 2.26. The molecular formula is C10H14O5. The molecule has 5 nitrogen and oxygen atoms in total. The minimum Gasteiger partial charge on any atom is -0.494 e. The Morgan fingerprint density at radius 2 is 2.07 bits per heavy atom. The Kier molecular flexibility index (Phi) is 3.74. The van der Waals surface area contributed by atoms with Gasteiger partial charge in [-0.25, -0.2) is 4.79 Å². The van der Waals surface area contributed by atoms with E-state index in [2.05, 4.69) is 0 Å². The first-order chi connectivity index (χ1) is 7.13. The molecule has 1 unspecified atom stereocenters. The number of carboxylic acid groups (broad SMARTS) is 1. The van der Waals surface area contributed by atoms with E-state index in [1.54, 1.807) is 0 Å². The molecule has 0 heterocycles. The highest BCUT2D eigenvalue weighted by atomic mass is 16.5. The van der Waals surface area contributed by atoms with Crippen molar-refractivity contribution >= 4 is 5.97 Å². The van der Waals surface area contributed by atoms with E-state index in [1.165, 1.54) is 27.4 Å². The summed E-state index contributed by atoms with van der Waals surface area (Å²) in [6.45, 7) is 0. The number of rotatable bonds is 4. The maximum atomic E-state index is 10.8. The average molecular weight is 214 g/mol. The van der Waals surface area contributed by atoms with Crippen LogP contribution in [-0.4, -0.2) is 38.5 Å². The minimum absolute atomic E-state index is 0.250. The number of aliphatic carboxylic acids is 1. The molecule has 1 atom stereocenters. The summed E-state index contributed by atoms with van der Waals surface area (Å²) in [4.78, 5) is 10.8. The predicted octanol–water partition coefficient (Wildman–Crippen LogP) is 0.920. The number of hydrogen-bond donors (Lipinski definition) is 1. The van der Waals surface area contributed by atoms with Crippen molar-refractivity contribution in [3.63, 3.8) is 0 Å². The molecule has 0 saturated carbocycles. The lowest BCUT2D eigenvalue weighted by molar-refractivity contribution is -0.133. The number of carboxylic acids is 1. The first kappa shape index (κ1) is 11.6. The summed E-state index contributed by atoms with van der Waals surface area (Å²) in [5.74, 6) is -0.0558. The number of allylic oxidation sites excluding steroid dienone is 1. The third-order valence-corrected chi connectivity index (χ3v) is 2.24. The summed E-state index contributed by atoms with van der Waals surface area (Å²) in [7, 11) is 4.46. The summed E-state index contributed by atoms with van der Waals surface area (Å²) >= 11 is 0. The van der Waals surface area contributed by atoms with E-state index < -0.39 is 12.1 Å². The van der Waals surface area contributed by atoms with E-state index in [-0.39, 0.29) is 12.0 Å². The molecule has 0 aromatic rings. The Bertz CT molecular complexity index is 316. The lowest BCUT2D eigenvalue weighted by atomic mass is 10.00. The van der Waals surface area contributed by atoms with Gasteiger partial charge in [0.1, 0.15) is 6.10 Å². The highest BCUT2D eigenvalue weighted by Crippen LogP contribution is 2.27. The van der Waals surface area contributed by atoms with Crippen LogP contribution in [0.15, 0.2) is 23.2 Å². The second kappa shape index (κ2) is 4.84. The van der Waals surface area contributed by atoms with Crippen molar-refractivity contribution in [1.29, 1.82) is 0 Å². The molecule has 1 aliphatic carbocycles. The van der Waals surface area contributed by atoms with Gasteiger partial charge < -0.3 is 19.3 Å². The molecule has 1 aliphatic rings. The maximum Gasteiger partial charge on any atom is 0.331 e. The quantitative estimate of drug-likeness (QED) is 0.753. The van der Waals surface area contributed by atoms with Crippen molar-refractivity contribution in [3.05, 3.63) is 23.2 Å². The van der Waals surface area contributed by atoms with Crippen LogP contribution in [0.25, 0.3) is 0 Å². The highest BCUT2D eigenvalue weighted by Gasteiger charge is 2.28. The third-order valence-electron chi connectivity index (χ3n) is 2.24. The van der Waals surface area contributed by atoms with Gasteiger partial charge in [0.2, 0.25) is 0 Å². The van der Waals surface area contributed by atoms with E-state index >= 15 is 0 Å². The molecule has 0 spiro atoms. The smallest absolute Gasteiger partial charge is 0.331 e. The lowest BCUT2D eigenvalue weighted by Crippen LogP contribution is -2.24. The van der Waals surface area contributed by atoms with Gasteiger partial charge in [0.15, 0.2) is 11.5 Å². The molecule has 15 heavy (non-hydrogen) atoms. The minimum atomic E-state index is -0.971. The SMILES string of the molecule is COC1=C(OC)C(OC)CC(C(=O)O)=C1. The molecule has 0 aromatic heterocycles. The topological polar surface area (TPSA) is 65.0 Å². The molecule has 0 fully saturated rings. The number of ether oxygens (including phenoxy) is 3. The van der Waals surface area contributed by atoms with Crippen LogP contribution in [0.2, 0.25) is 0 Å². The van der Waals surface area contributed by atoms with Crippen molar-refractivity contribution < 1.29 is 24.1 Å². The first-order valence-corrected chi connectivity index (χ1v) is 4.42. The van der Waals surface area contributed by atoms with Crippen molar-refractivity contribution in [2.45, 2.75) is 12.5 Å². The third kappa shape index (κ3) is 2.30. The standard InChI is InChI=1S/C10H14O5/c1-13-7-4-6(10(11)12)5-8(14-2)9(7)15-3/h4,8H,5H2,1-3H3,(H,11,12). The van der Waals surface area contributed by atoms with Crippen LogP contribution in [0, 0.1) is 0 Å². The van der Waals surface area contributed by atoms with E-state index in [0.717, 1.165) is 0 Å². The fourth-order valence-electron chi connectivity index (χ4n) is 1.47. The number of carbonyl (C=O) groups is 1. The second-order valence-corrected chi connectivity index (χ2v) is 3.04. The van der Waals surface area contributed by atoms with Crippen LogP contribution in [0.5, 0.6) is 0 Å². The molecule has 0 aliphatic heterocycles. The van der Waals surface area contributed by atoms with E-state index in [1.807, 2.05) is 0 Å². The molecule has 1 N–H and O–H groups in total. The van der Waals surface area contributed by atoms with Gasteiger partial charge in [0, 0.05) is 19.1 Å². The van der Waals surface area contributed by atoms with E-state index in [9.17, 15) is 4.79 Å². The molecule has 5 heteroatoms. The largest absolute Gasteiger partial charge is 0.494 e. The molecule has 0 aromatic carbocycles. The molecule has 84 valence electrons. The van der Waals surface area contributed by atoms with E-state index in [4.69, 9.17) is 19.3 Å². The molecular weight excluding hydrogens is 200 g/mol. The Balaban J connectivity index is 3.08. The lowest BCUT2D eigenvalue weighted by Gasteiger charge is -2.23. The first-order valence-electron chi connectivity index (χ1n) is 4.42. The fourth-order valence-corrected chi connectivity index (χ4v) is 1.47. The van der Waals surface area contributed by atoms with Gasteiger partial charge in [-0.15, -0.1) is 0 Å². The fraction of sp³-hybridized carbons (Fsp3) is 0.500. The van der Waals surface area contributed by atoms with Crippen molar-refractivity contribution in [2.24, 2.45) is 0 Å². The molecule has 0 radical (unpaired) electrons. The molecule has 0 bridgehead atoms. The Morgan fingerprint density at radius 3 is 2.47 bits per heavy atom. The Morgan fingerprint density at radius 1 is 1.40 bits per heavy atom. The Hall–Kier alpha value is -1.49. The number of methoxy groups -OCH3 is 3. The zero-order chi connectivity index (χ0) is 11.4. The normalized spacial score (nSPS) is 21.0. The summed E-state index contributed by atoms with van der Waals surface area (Å²) in [5.41, 5.74) is 0.250. The van der Waals surface area contributed by atoms with Crippen molar-refractivity contribution in [3.8, 4) is 0 Å². The van der Waals surface area contributed by atoms with E-state index in [0.29, 0.717) is 11.5 Å². The molecule has 0 saturated heterocycles. The van der Waals surface area contributed by atoms with Crippen LogP contribution in [0.4, 0.5) is 0 Å².